The number of carbonyl (C=O) groups excluding carboxylic acids is 1. The summed E-state index contributed by atoms with van der Waals surface area (Å²) in [5.74, 6) is -0.0327. The Labute approximate surface area is 157 Å². The Morgan fingerprint density at radius 2 is 1.96 bits per heavy atom. The highest BCUT2D eigenvalue weighted by Gasteiger charge is 2.32. The van der Waals surface area contributed by atoms with Gasteiger partial charge in [-0.3, -0.25) is 9.48 Å². The monoisotopic (exact) mass is 366 g/mol. The molecule has 27 heavy (non-hydrogen) atoms. The van der Waals surface area contributed by atoms with Crippen molar-refractivity contribution in [3.63, 3.8) is 0 Å². The van der Waals surface area contributed by atoms with Crippen LogP contribution < -0.4 is 0 Å². The van der Waals surface area contributed by atoms with E-state index in [4.69, 9.17) is 0 Å². The van der Waals surface area contributed by atoms with Gasteiger partial charge in [-0.1, -0.05) is 12.1 Å². The molecule has 3 aromatic rings. The van der Waals surface area contributed by atoms with Crippen LogP contribution in [0, 0.1) is 0 Å². The van der Waals surface area contributed by atoms with Crippen LogP contribution in [-0.4, -0.2) is 53.3 Å². The highest BCUT2D eigenvalue weighted by Crippen LogP contribution is 2.28. The number of rotatable bonds is 4. The van der Waals surface area contributed by atoms with Crippen LogP contribution in [0.15, 0.2) is 49.1 Å². The normalized spacial score (nSPS) is 20.0. The molecule has 1 N–H and O–H groups in total. The smallest absolute Gasteiger partial charge is 0.256 e. The van der Waals surface area contributed by atoms with Gasteiger partial charge in [0, 0.05) is 24.3 Å². The average Bonchev–Trinajstić information content (AvgIpc) is 3.40. The van der Waals surface area contributed by atoms with Gasteiger partial charge in [0.2, 0.25) is 0 Å². The Kier molecular flexibility index (Phi) is 4.72. The number of aliphatic hydroxyl groups excluding tert-OH is 1. The summed E-state index contributed by atoms with van der Waals surface area (Å²) in [6.45, 7) is 2.62. The van der Waals surface area contributed by atoms with Gasteiger partial charge in [-0.05, 0) is 31.9 Å². The number of carbonyl (C=O) groups is 1. The molecule has 1 amide bonds. The summed E-state index contributed by atoms with van der Waals surface area (Å²) in [5, 5.41) is 22.0. The molecule has 4 rings (SSSR count). The van der Waals surface area contributed by atoms with E-state index in [0.717, 1.165) is 18.4 Å². The van der Waals surface area contributed by atoms with Crippen LogP contribution in [0.4, 0.5) is 0 Å². The molecule has 0 spiro atoms. The fraction of sp³-hybridized carbons (Fsp3) is 0.368. The highest BCUT2D eigenvalue weighted by atomic mass is 16.3. The van der Waals surface area contributed by atoms with Gasteiger partial charge in [0.1, 0.15) is 0 Å². The SMILES string of the molecule is C[C@@H]1CC[C@@H](n2cc(CO)cn2)CN1C(=O)c1ccccc1-n1nccn1. The lowest BCUT2D eigenvalue weighted by Gasteiger charge is -2.38. The van der Waals surface area contributed by atoms with E-state index in [1.54, 1.807) is 18.6 Å². The highest BCUT2D eigenvalue weighted by molar-refractivity contribution is 5.98. The van der Waals surface area contributed by atoms with Crippen LogP contribution in [-0.2, 0) is 6.61 Å². The van der Waals surface area contributed by atoms with E-state index in [1.807, 2.05) is 40.0 Å². The first kappa shape index (κ1) is 17.4. The second kappa shape index (κ2) is 7.32. The zero-order valence-electron chi connectivity index (χ0n) is 15.1. The standard InChI is InChI=1S/C19H22N6O2/c1-14-6-7-16(24-11-15(13-26)10-22-24)12-23(14)19(27)17-4-2-3-5-18(17)25-20-8-9-21-25/h2-5,8-11,14,16,26H,6-7,12-13H2,1H3/t14-,16-/m1/s1. The first-order valence-corrected chi connectivity index (χ1v) is 9.08. The summed E-state index contributed by atoms with van der Waals surface area (Å²) in [7, 11) is 0. The van der Waals surface area contributed by atoms with Crippen molar-refractivity contribution in [3.05, 3.63) is 60.2 Å². The Balaban J connectivity index is 1.61. The van der Waals surface area contributed by atoms with E-state index >= 15 is 0 Å². The van der Waals surface area contributed by atoms with Crippen molar-refractivity contribution in [2.24, 2.45) is 0 Å². The van der Waals surface area contributed by atoms with Gasteiger partial charge in [-0.25, -0.2) is 0 Å². The molecule has 1 aliphatic rings. The molecule has 3 heterocycles. The summed E-state index contributed by atoms with van der Waals surface area (Å²) in [4.78, 5) is 16.7. The van der Waals surface area contributed by atoms with Gasteiger partial charge in [-0.15, -0.1) is 0 Å². The molecule has 2 aromatic heterocycles. The minimum Gasteiger partial charge on any atom is -0.392 e. The number of aromatic nitrogens is 5. The Bertz CT molecular complexity index is 920. The van der Waals surface area contributed by atoms with Crippen molar-refractivity contribution in [1.82, 2.24) is 29.7 Å². The number of para-hydroxylation sites is 1. The maximum Gasteiger partial charge on any atom is 0.256 e. The first-order valence-electron chi connectivity index (χ1n) is 9.08. The molecule has 0 radical (unpaired) electrons. The van der Waals surface area contributed by atoms with Crippen LogP contribution in [0.2, 0.25) is 0 Å². The van der Waals surface area contributed by atoms with Gasteiger partial charge >= 0.3 is 0 Å². The van der Waals surface area contributed by atoms with Crippen LogP contribution in [0.5, 0.6) is 0 Å². The third-order valence-corrected chi connectivity index (χ3v) is 5.10. The second-order valence-corrected chi connectivity index (χ2v) is 6.86. The fourth-order valence-corrected chi connectivity index (χ4v) is 3.57. The molecule has 1 aromatic carbocycles. The number of hydrogen-bond acceptors (Lipinski definition) is 5. The lowest BCUT2D eigenvalue weighted by Crippen LogP contribution is -2.46. The molecule has 0 aliphatic carbocycles. The molecule has 2 atom stereocenters. The van der Waals surface area contributed by atoms with E-state index in [9.17, 15) is 9.90 Å². The number of nitrogens with zero attached hydrogens (tertiary/aromatic N) is 6. The number of benzene rings is 1. The molecule has 140 valence electrons. The molecule has 0 unspecified atom stereocenters. The lowest BCUT2D eigenvalue weighted by molar-refractivity contribution is 0.0559. The molecular formula is C19H22N6O2. The van der Waals surface area contributed by atoms with Crippen LogP contribution in [0.1, 0.15) is 41.7 Å². The third kappa shape index (κ3) is 3.35. The topological polar surface area (TPSA) is 89.1 Å². The van der Waals surface area contributed by atoms with E-state index in [2.05, 4.69) is 22.2 Å². The average molecular weight is 366 g/mol. The molecule has 1 fully saturated rings. The maximum atomic E-state index is 13.4. The Morgan fingerprint density at radius 1 is 1.19 bits per heavy atom. The van der Waals surface area contributed by atoms with Crippen molar-refractivity contribution in [2.75, 3.05) is 6.54 Å². The van der Waals surface area contributed by atoms with Crippen molar-refractivity contribution in [3.8, 4) is 5.69 Å². The molecule has 1 aliphatic heterocycles. The maximum absolute atomic E-state index is 13.4. The summed E-state index contributed by atoms with van der Waals surface area (Å²) in [6, 6.07) is 7.63. The minimum atomic E-state index is -0.0327. The van der Waals surface area contributed by atoms with Crippen molar-refractivity contribution >= 4 is 5.91 Å². The fourth-order valence-electron chi connectivity index (χ4n) is 3.57. The third-order valence-electron chi connectivity index (χ3n) is 5.10. The zero-order valence-corrected chi connectivity index (χ0v) is 15.1. The van der Waals surface area contributed by atoms with Gasteiger partial charge in [0.05, 0.1) is 42.5 Å². The number of hydrogen-bond donors (Lipinski definition) is 1. The lowest BCUT2D eigenvalue weighted by atomic mass is 9.98. The van der Waals surface area contributed by atoms with E-state index in [1.165, 1.54) is 4.80 Å². The second-order valence-electron chi connectivity index (χ2n) is 6.86. The first-order chi connectivity index (χ1) is 13.2. The molecule has 8 nitrogen and oxygen atoms in total. The predicted molar refractivity (Wildman–Crippen MR) is 98.3 cm³/mol. The van der Waals surface area contributed by atoms with Gasteiger partial charge < -0.3 is 10.0 Å². The molecule has 8 heteroatoms. The Hall–Kier alpha value is -3.00. The van der Waals surface area contributed by atoms with Gasteiger partial charge in [0.25, 0.3) is 5.91 Å². The van der Waals surface area contributed by atoms with E-state index in [0.29, 0.717) is 17.8 Å². The summed E-state index contributed by atoms with van der Waals surface area (Å²) >= 11 is 0. The molecule has 1 saturated heterocycles. The quantitative estimate of drug-likeness (QED) is 0.761. The van der Waals surface area contributed by atoms with Crippen LogP contribution in [0.3, 0.4) is 0 Å². The summed E-state index contributed by atoms with van der Waals surface area (Å²) < 4.78 is 1.86. The van der Waals surface area contributed by atoms with Gasteiger partial charge in [0.15, 0.2) is 0 Å². The van der Waals surface area contributed by atoms with Crippen LogP contribution >= 0.6 is 0 Å². The number of piperidine rings is 1. The predicted octanol–water partition coefficient (Wildman–Crippen LogP) is 1.82. The van der Waals surface area contributed by atoms with Gasteiger partial charge in [-0.2, -0.15) is 20.1 Å². The van der Waals surface area contributed by atoms with E-state index in [-0.39, 0.29) is 24.6 Å². The minimum absolute atomic E-state index is 0.0317. The number of amides is 1. The number of likely N-dealkylation sites (tertiary alicyclic amines) is 1. The van der Waals surface area contributed by atoms with Crippen molar-refractivity contribution in [2.45, 2.75) is 38.5 Å². The molecule has 0 saturated carbocycles. The Morgan fingerprint density at radius 3 is 2.70 bits per heavy atom. The van der Waals surface area contributed by atoms with Crippen molar-refractivity contribution < 1.29 is 9.90 Å². The summed E-state index contributed by atoms with van der Waals surface area (Å²) in [5.41, 5.74) is 2.03. The largest absolute Gasteiger partial charge is 0.392 e. The molecule has 0 bridgehead atoms. The number of aliphatic hydroxyl groups is 1. The zero-order chi connectivity index (χ0) is 18.8. The van der Waals surface area contributed by atoms with E-state index < -0.39 is 0 Å². The van der Waals surface area contributed by atoms with Crippen LogP contribution in [0.25, 0.3) is 5.69 Å². The van der Waals surface area contributed by atoms with Crippen molar-refractivity contribution in [1.29, 1.82) is 0 Å². The molecular weight excluding hydrogens is 344 g/mol. The summed E-state index contributed by atoms with van der Waals surface area (Å²) in [6.07, 6.45) is 8.55.